The van der Waals surface area contributed by atoms with E-state index in [1.165, 1.54) is 5.56 Å². The Bertz CT molecular complexity index is 2330. The van der Waals surface area contributed by atoms with Crippen LogP contribution in [-0.2, 0) is 31.3 Å². The number of aromatic nitrogens is 3. The molecule has 2 aliphatic rings. The number of morpholine rings is 1. The minimum Gasteiger partial charge on any atom is -0.398 e. The van der Waals surface area contributed by atoms with Crippen molar-refractivity contribution in [1.29, 1.82) is 0 Å². The molecule has 1 atom stereocenters. The van der Waals surface area contributed by atoms with Gasteiger partial charge in [0.2, 0.25) is 0 Å². The summed E-state index contributed by atoms with van der Waals surface area (Å²) in [5.74, 6) is -0.255. The highest BCUT2D eigenvalue weighted by Crippen LogP contribution is 2.35. The lowest BCUT2D eigenvalue weighted by Gasteiger charge is -2.40. The molecular weight excluding hydrogens is 686 g/mol. The largest absolute Gasteiger partial charge is 0.398 e. The van der Waals surface area contributed by atoms with Crippen molar-refractivity contribution in [1.82, 2.24) is 24.6 Å². The number of nitrogen functional groups attached to an aromatic ring is 1. The van der Waals surface area contributed by atoms with Gasteiger partial charge in [-0.1, -0.05) is 54.1 Å². The summed E-state index contributed by atoms with van der Waals surface area (Å²) in [6.45, 7) is 6.55. The van der Waals surface area contributed by atoms with E-state index in [2.05, 4.69) is 33.3 Å². The van der Waals surface area contributed by atoms with Crippen LogP contribution < -0.4 is 10.6 Å². The number of hydrogen-bond acceptors (Lipinski definition) is 6. The number of H-pyrrole nitrogens is 1. The van der Waals surface area contributed by atoms with E-state index >= 15 is 0 Å². The summed E-state index contributed by atoms with van der Waals surface area (Å²) in [5.41, 5.74) is 15.1. The van der Waals surface area contributed by atoms with Gasteiger partial charge in [-0.05, 0) is 78.6 Å². The number of para-hydroxylation sites is 1. The smallest absolute Gasteiger partial charge is 0.260 e. The fourth-order valence-electron chi connectivity index (χ4n) is 7.69. The Labute approximate surface area is 313 Å². The van der Waals surface area contributed by atoms with Gasteiger partial charge in [0.1, 0.15) is 0 Å². The van der Waals surface area contributed by atoms with Crippen LogP contribution in [0.2, 0.25) is 5.02 Å². The van der Waals surface area contributed by atoms with Crippen molar-refractivity contribution in [2.24, 2.45) is 7.05 Å². The van der Waals surface area contributed by atoms with Crippen LogP contribution in [0.5, 0.6) is 0 Å². The molecule has 1 saturated heterocycles. The first kappa shape index (κ1) is 34.7. The summed E-state index contributed by atoms with van der Waals surface area (Å²) in [4.78, 5) is 35.8. The summed E-state index contributed by atoms with van der Waals surface area (Å²) in [5, 5.41) is 8.56. The van der Waals surface area contributed by atoms with Crippen LogP contribution in [0, 0.1) is 6.92 Å². The highest BCUT2D eigenvalue weighted by atomic mass is 35.5. The summed E-state index contributed by atoms with van der Waals surface area (Å²) in [7, 11) is 1.92. The molecule has 2 aromatic heterocycles. The average molecular weight is 728 g/mol. The number of benzene rings is 4. The number of nitrogens with zero attached hydrogens (tertiary/aromatic N) is 5. The molecular formula is C42H42ClN7O3. The molecule has 4 aromatic carbocycles. The zero-order valence-corrected chi connectivity index (χ0v) is 30.6. The van der Waals surface area contributed by atoms with Crippen molar-refractivity contribution < 1.29 is 14.3 Å². The van der Waals surface area contributed by atoms with Crippen molar-refractivity contribution in [3.05, 3.63) is 136 Å². The predicted octanol–water partition coefficient (Wildman–Crippen LogP) is 6.86. The number of hydrogen-bond donors (Lipinski definition) is 2. The molecule has 2 aliphatic heterocycles. The number of nitrogens with two attached hydrogens (primary N) is 1. The molecule has 0 bridgehead atoms. The van der Waals surface area contributed by atoms with Gasteiger partial charge in [-0.2, -0.15) is 5.10 Å². The van der Waals surface area contributed by atoms with E-state index in [4.69, 9.17) is 22.1 Å². The number of nitrogens with one attached hydrogen (secondary N) is 1. The van der Waals surface area contributed by atoms with Crippen molar-refractivity contribution in [3.63, 3.8) is 0 Å². The molecule has 8 rings (SSSR count). The Balaban J connectivity index is 1.17. The number of ether oxygens (including phenoxy) is 1. The first-order valence-electron chi connectivity index (χ1n) is 18.0. The molecule has 0 aliphatic carbocycles. The van der Waals surface area contributed by atoms with Crippen LogP contribution in [0.1, 0.15) is 43.1 Å². The summed E-state index contributed by atoms with van der Waals surface area (Å²) < 4.78 is 7.59. The molecule has 0 radical (unpaired) electrons. The number of amides is 2. The third-order valence-electron chi connectivity index (χ3n) is 10.8. The summed E-state index contributed by atoms with van der Waals surface area (Å²) in [6, 6.07) is 29.0. The van der Waals surface area contributed by atoms with Crippen molar-refractivity contribution in [2.75, 3.05) is 43.5 Å². The number of rotatable bonds is 8. The highest BCUT2D eigenvalue weighted by Gasteiger charge is 2.34. The first-order chi connectivity index (χ1) is 25.7. The van der Waals surface area contributed by atoms with Crippen molar-refractivity contribution in [2.45, 2.75) is 32.5 Å². The quantitative estimate of drug-likeness (QED) is 0.166. The van der Waals surface area contributed by atoms with Gasteiger partial charge >= 0.3 is 0 Å². The molecule has 10 nitrogen and oxygen atoms in total. The van der Waals surface area contributed by atoms with Gasteiger partial charge in [-0.25, -0.2) is 0 Å². The van der Waals surface area contributed by atoms with Gasteiger partial charge in [0.05, 0.1) is 37.0 Å². The topological polar surface area (TPSA) is 113 Å². The Hall–Kier alpha value is -5.42. The Morgan fingerprint density at radius 2 is 1.74 bits per heavy atom. The van der Waals surface area contributed by atoms with Gasteiger partial charge < -0.3 is 24.8 Å². The van der Waals surface area contributed by atoms with Crippen LogP contribution in [0.15, 0.2) is 97.2 Å². The number of anilines is 2. The van der Waals surface area contributed by atoms with Crippen LogP contribution in [0.3, 0.4) is 0 Å². The van der Waals surface area contributed by atoms with Gasteiger partial charge in [0.15, 0.2) is 0 Å². The molecule has 270 valence electrons. The van der Waals surface area contributed by atoms with E-state index in [0.29, 0.717) is 52.8 Å². The van der Waals surface area contributed by atoms with Crippen LogP contribution in [-0.4, -0.2) is 75.3 Å². The van der Waals surface area contributed by atoms with Gasteiger partial charge in [0.25, 0.3) is 11.8 Å². The van der Waals surface area contributed by atoms with E-state index < -0.39 is 0 Å². The minimum absolute atomic E-state index is 0.0159. The number of carbonyl (C=O) groups is 2. The first-order valence-corrected chi connectivity index (χ1v) is 18.4. The van der Waals surface area contributed by atoms with Crippen molar-refractivity contribution >= 4 is 45.7 Å². The number of aromatic amines is 1. The molecule has 1 fully saturated rings. The van der Waals surface area contributed by atoms with E-state index in [1.807, 2.05) is 90.2 Å². The third-order valence-corrected chi connectivity index (χ3v) is 11.0. The van der Waals surface area contributed by atoms with Gasteiger partial charge in [-0.3, -0.25) is 19.6 Å². The Morgan fingerprint density at radius 1 is 0.962 bits per heavy atom. The summed E-state index contributed by atoms with van der Waals surface area (Å²) >= 11 is 6.67. The lowest BCUT2D eigenvalue weighted by Crippen LogP contribution is -2.52. The molecule has 6 aromatic rings. The standard InChI is InChI=1S/C42H42ClN7O3/c1-27-36(42(52)49(25-30-9-5-6-10-38(30)44)33-12-14-39-31(20-33)23-45-46-39)22-40(47(27)2)37-21-32(43)11-13-35(37)41(51)50-24-29-8-4-3-7-28(29)19-34(50)26-48-15-17-53-18-16-48/h3-14,20-23,34H,15-19,24-26,44H2,1-2H3,(H,45,46)/t34-/m0/s1. The SMILES string of the molecule is Cc1c(C(=O)N(Cc2ccccc2N)c2ccc3[nH]ncc3c2)cc(-c2cc(Cl)ccc2C(=O)N2Cc3ccccc3C[C@H]2CN2CCOCC2)n1C. The molecule has 4 heterocycles. The maximum atomic E-state index is 14.9. The second-order valence-corrected chi connectivity index (χ2v) is 14.4. The Kier molecular flexibility index (Phi) is 9.51. The number of halogens is 1. The Morgan fingerprint density at radius 3 is 2.55 bits per heavy atom. The van der Waals surface area contributed by atoms with Gasteiger partial charge in [0, 0.05) is 83.6 Å². The zero-order valence-electron chi connectivity index (χ0n) is 29.9. The van der Waals surface area contributed by atoms with Crippen LogP contribution in [0.4, 0.5) is 11.4 Å². The average Bonchev–Trinajstić information content (AvgIpc) is 3.77. The third kappa shape index (κ3) is 6.81. The maximum absolute atomic E-state index is 14.9. The van der Waals surface area contributed by atoms with Crippen LogP contribution in [0.25, 0.3) is 22.2 Å². The normalized spacial score (nSPS) is 16.1. The molecule has 0 spiro atoms. The van der Waals surface area contributed by atoms with E-state index in [9.17, 15) is 9.59 Å². The van der Waals surface area contributed by atoms with Gasteiger partial charge in [-0.15, -0.1) is 0 Å². The highest BCUT2D eigenvalue weighted by molar-refractivity contribution is 6.31. The molecule has 53 heavy (non-hydrogen) atoms. The van der Waals surface area contributed by atoms with Crippen molar-refractivity contribution in [3.8, 4) is 11.3 Å². The van der Waals surface area contributed by atoms with Crippen LogP contribution >= 0.6 is 11.6 Å². The fraction of sp³-hybridized carbons (Fsp3) is 0.262. The lowest BCUT2D eigenvalue weighted by atomic mass is 9.92. The van der Waals surface area contributed by atoms with E-state index in [0.717, 1.165) is 59.5 Å². The predicted molar refractivity (Wildman–Crippen MR) is 209 cm³/mol. The van der Waals surface area contributed by atoms with E-state index in [1.54, 1.807) is 17.2 Å². The number of fused-ring (bicyclic) bond motifs is 2. The minimum atomic E-state index is -0.191. The molecule has 0 saturated carbocycles. The maximum Gasteiger partial charge on any atom is 0.260 e. The molecule has 0 unspecified atom stereocenters. The number of carbonyl (C=O) groups excluding carboxylic acids is 2. The lowest BCUT2D eigenvalue weighted by molar-refractivity contribution is 0.0193. The van der Waals surface area contributed by atoms with E-state index in [-0.39, 0.29) is 24.4 Å². The summed E-state index contributed by atoms with van der Waals surface area (Å²) in [6.07, 6.45) is 2.52. The molecule has 11 heteroatoms. The fourth-order valence-corrected chi connectivity index (χ4v) is 7.86. The zero-order chi connectivity index (χ0) is 36.6. The molecule has 3 N–H and O–H groups in total. The monoisotopic (exact) mass is 727 g/mol. The second kappa shape index (κ2) is 14.5. The second-order valence-electron chi connectivity index (χ2n) is 14.0. The molecule has 2 amide bonds.